The fourth-order valence-electron chi connectivity index (χ4n) is 3.11. The second-order valence-corrected chi connectivity index (χ2v) is 7.01. The molecule has 2 heterocycles. The van der Waals surface area contributed by atoms with Crippen molar-refractivity contribution in [2.24, 2.45) is 5.41 Å². The van der Waals surface area contributed by atoms with Gasteiger partial charge in [0.2, 0.25) is 0 Å². The maximum Gasteiger partial charge on any atom is 0.0973 e. The highest BCUT2D eigenvalue weighted by Crippen LogP contribution is 2.34. The van der Waals surface area contributed by atoms with Crippen molar-refractivity contribution in [3.63, 3.8) is 0 Å². The molecular weight excluding hydrogens is 212 g/mol. The van der Waals surface area contributed by atoms with Crippen molar-refractivity contribution in [2.45, 2.75) is 51.7 Å². The third-order valence-corrected chi connectivity index (χ3v) is 4.15. The van der Waals surface area contributed by atoms with E-state index in [2.05, 4.69) is 38.0 Å². The largest absolute Gasteiger partial charge is 0.371 e. The van der Waals surface area contributed by atoms with Crippen LogP contribution in [-0.2, 0) is 4.74 Å². The molecule has 0 aliphatic carbocycles. The van der Waals surface area contributed by atoms with Gasteiger partial charge in [0, 0.05) is 25.7 Å². The van der Waals surface area contributed by atoms with Crippen LogP contribution in [0.25, 0.3) is 0 Å². The van der Waals surface area contributed by atoms with Crippen molar-refractivity contribution >= 4 is 0 Å². The van der Waals surface area contributed by atoms with E-state index in [0.29, 0.717) is 11.5 Å². The number of ether oxygens (including phenoxy) is 1. The summed E-state index contributed by atoms with van der Waals surface area (Å²) in [6.07, 6.45) is 3.68. The van der Waals surface area contributed by atoms with Gasteiger partial charge in [0.05, 0.1) is 12.2 Å². The minimum absolute atomic E-state index is 0.0955. The van der Waals surface area contributed by atoms with Crippen LogP contribution in [0.5, 0.6) is 0 Å². The van der Waals surface area contributed by atoms with E-state index in [1.807, 2.05) is 0 Å². The van der Waals surface area contributed by atoms with E-state index in [9.17, 15) is 0 Å². The molecule has 17 heavy (non-hydrogen) atoms. The first-order valence-electron chi connectivity index (χ1n) is 6.97. The zero-order valence-electron chi connectivity index (χ0n) is 11.9. The van der Waals surface area contributed by atoms with Crippen LogP contribution in [0.4, 0.5) is 0 Å². The van der Waals surface area contributed by atoms with Crippen LogP contribution in [0.15, 0.2) is 0 Å². The zero-order chi connectivity index (χ0) is 12.5. The predicted molar refractivity (Wildman–Crippen MR) is 71.3 cm³/mol. The maximum absolute atomic E-state index is 6.17. The number of likely N-dealkylation sites (tertiary alicyclic amines) is 1. The van der Waals surface area contributed by atoms with Gasteiger partial charge in [0.15, 0.2) is 0 Å². The molecule has 0 aromatic carbocycles. The van der Waals surface area contributed by atoms with E-state index in [1.54, 1.807) is 0 Å². The van der Waals surface area contributed by atoms with E-state index < -0.39 is 0 Å². The van der Waals surface area contributed by atoms with Gasteiger partial charge in [0.1, 0.15) is 0 Å². The Hall–Kier alpha value is -0.120. The van der Waals surface area contributed by atoms with Gasteiger partial charge in [-0.25, -0.2) is 0 Å². The van der Waals surface area contributed by atoms with Gasteiger partial charge >= 0.3 is 0 Å². The van der Waals surface area contributed by atoms with Crippen LogP contribution in [0.2, 0.25) is 0 Å². The van der Waals surface area contributed by atoms with Crippen LogP contribution in [0.1, 0.15) is 40.0 Å². The van der Waals surface area contributed by atoms with Gasteiger partial charge in [0.25, 0.3) is 0 Å². The number of nitrogens with one attached hydrogen (secondary N) is 1. The van der Waals surface area contributed by atoms with Crippen molar-refractivity contribution in [3.05, 3.63) is 0 Å². The van der Waals surface area contributed by atoms with Gasteiger partial charge in [-0.2, -0.15) is 0 Å². The summed E-state index contributed by atoms with van der Waals surface area (Å²) in [5.41, 5.74) is 0.517. The molecule has 0 saturated carbocycles. The third kappa shape index (κ3) is 3.21. The molecule has 3 heteroatoms. The van der Waals surface area contributed by atoms with Crippen molar-refractivity contribution in [3.8, 4) is 0 Å². The average molecular weight is 240 g/mol. The van der Waals surface area contributed by atoms with Crippen LogP contribution in [0, 0.1) is 5.41 Å². The summed E-state index contributed by atoms with van der Waals surface area (Å²) in [7, 11) is 2.20. The Kier molecular flexibility index (Phi) is 3.81. The molecule has 2 fully saturated rings. The summed E-state index contributed by atoms with van der Waals surface area (Å²) in [6.45, 7) is 11.1. The van der Waals surface area contributed by atoms with Crippen molar-refractivity contribution in [1.82, 2.24) is 10.2 Å². The van der Waals surface area contributed by atoms with Crippen LogP contribution in [-0.4, -0.2) is 49.8 Å². The first-order valence-corrected chi connectivity index (χ1v) is 6.97. The lowest BCUT2D eigenvalue weighted by atomic mass is 9.82. The Morgan fingerprint density at radius 3 is 2.76 bits per heavy atom. The summed E-state index contributed by atoms with van der Waals surface area (Å²) in [6, 6.07) is 0.542. The quantitative estimate of drug-likeness (QED) is 0.797. The Labute approximate surface area is 106 Å². The normalized spacial score (nSPS) is 35.6. The lowest BCUT2D eigenvalue weighted by Gasteiger charge is -2.43. The minimum Gasteiger partial charge on any atom is -0.371 e. The Balaban J connectivity index is 1.98. The lowest BCUT2D eigenvalue weighted by molar-refractivity contribution is -0.0909. The van der Waals surface area contributed by atoms with E-state index in [-0.39, 0.29) is 5.60 Å². The Morgan fingerprint density at radius 1 is 1.41 bits per heavy atom. The third-order valence-electron chi connectivity index (χ3n) is 4.15. The summed E-state index contributed by atoms with van der Waals surface area (Å²) in [4.78, 5) is 2.40. The topological polar surface area (TPSA) is 24.5 Å². The van der Waals surface area contributed by atoms with Gasteiger partial charge in [-0.1, -0.05) is 20.8 Å². The monoisotopic (exact) mass is 240 g/mol. The molecule has 2 aliphatic heterocycles. The SMILES string of the molecule is CN1CCC2(C1)OCCNC2CCC(C)(C)C. The molecule has 2 saturated heterocycles. The highest BCUT2D eigenvalue weighted by molar-refractivity contribution is 5.02. The molecule has 2 atom stereocenters. The molecule has 0 bridgehead atoms. The van der Waals surface area contributed by atoms with Crippen molar-refractivity contribution in [2.75, 3.05) is 33.3 Å². The van der Waals surface area contributed by atoms with Crippen molar-refractivity contribution < 1.29 is 4.74 Å². The molecule has 0 aromatic rings. The number of rotatable bonds is 2. The highest BCUT2D eigenvalue weighted by Gasteiger charge is 2.46. The number of hydrogen-bond donors (Lipinski definition) is 1. The molecule has 1 N–H and O–H groups in total. The van der Waals surface area contributed by atoms with Gasteiger partial charge in [-0.05, 0) is 31.7 Å². The molecule has 1 spiro atoms. The average Bonchev–Trinajstić information content (AvgIpc) is 2.58. The molecule has 2 rings (SSSR count). The van der Waals surface area contributed by atoms with Crippen LogP contribution >= 0.6 is 0 Å². The second kappa shape index (κ2) is 4.87. The first-order chi connectivity index (χ1) is 7.91. The molecule has 0 amide bonds. The summed E-state index contributed by atoms with van der Waals surface area (Å²) in [5.74, 6) is 0. The van der Waals surface area contributed by atoms with Crippen molar-refractivity contribution in [1.29, 1.82) is 0 Å². The van der Waals surface area contributed by atoms with Crippen LogP contribution < -0.4 is 5.32 Å². The van der Waals surface area contributed by atoms with E-state index in [4.69, 9.17) is 4.74 Å². The molecule has 0 radical (unpaired) electrons. The predicted octanol–water partition coefficient (Wildman–Crippen LogP) is 1.88. The molecule has 3 nitrogen and oxygen atoms in total. The summed E-state index contributed by atoms with van der Waals surface area (Å²) >= 11 is 0. The molecule has 100 valence electrons. The first kappa shape index (κ1) is 13.3. The lowest BCUT2D eigenvalue weighted by Crippen LogP contribution is -2.59. The number of hydrogen-bond acceptors (Lipinski definition) is 3. The smallest absolute Gasteiger partial charge is 0.0973 e. The molecule has 2 unspecified atom stereocenters. The standard InChI is InChI=1S/C14H28N2O/c1-13(2,3)6-5-12-14(17-10-8-15-12)7-9-16(4)11-14/h12,15H,5-11H2,1-4H3. The van der Waals surface area contributed by atoms with Gasteiger partial charge in [-0.3, -0.25) is 0 Å². The summed E-state index contributed by atoms with van der Waals surface area (Å²) < 4.78 is 6.17. The molecule has 0 aromatic heterocycles. The summed E-state index contributed by atoms with van der Waals surface area (Å²) in [5, 5.41) is 3.69. The van der Waals surface area contributed by atoms with Gasteiger partial charge in [-0.15, -0.1) is 0 Å². The second-order valence-electron chi connectivity index (χ2n) is 7.01. The number of likely N-dealkylation sites (N-methyl/N-ethyl adjacent to an activating group) is 1. The molecule has 2 aliphatic rings. The number of morpholine rings is 1. The Morgan fingerprint density at radius 2 is 2.18 bits per heavy atom. The fraction of sp³-hybridized carbons (Fsp3) is 1.00. The number of nitrogens with zero attached hydrogens (tertiary/aromatic N) is 1. The molecular formula is C14H28N2O. The maximum atomic E-state index is 6.17. The van der Waals surface area contributed by atoms with Crippen LogP contribution in [0.3, 0.4) is 0 Å². The Bertz CT molecular complexity index is 257. The highest BCUT2D eigenvalue weighted by atomic mass is 16.5. The minimum atomic E-state index is 0.0955. The van der Waals surface area contributed by atoms with Gasteiger partial charge < -0.3 is 15.0 Å². The fourth-order valence-corrected chi connectivity index (χ4v) is 3.11. The van der Waals surface area contributed by atoms with E-state index in [1.165, 1.54) is 25.8 Å². The van der Waals surface area contributed by atoms with E-state index in [0.717, 1.165) is 19.7 Å². The van der Waals surface area contributed by atoms with E-state index >= 15 is 0 Å². The zero-order valence-corrected chi connectivity index (χ0v) is 11.9.